The molecule has 1 aromatic carbocycles. The lowest BCUT2D eigenvalue weighted by Gasteiger charge is -2.11. The third kappa shape index (κ3) is 2.57. The van der Waals surface area contributed by atoms with Crippen LogP contribution >= 0.6 is 11.6 Å². The Kier molecular flexibility index (Phi) is 3.73. The van der Waals surface area contributed by atoms with E-state index in [1.807, 2.05) is 31.2 Å². The summed E-state index contributed by atoms with van der Waals surface area (Å²) in [6, 6.07) is 7.61. The van der Waals surface area contributed by atoms with Crippen LogP contribution in [0.4, 0.5) is 0 Å². The van der Waals surface area contributed by atoms with Gasteiger partial charge in [0.1, 0.15) is 5.82 Å². The number of halogens is 1. The van der Waals surface area contributed by atoms with Gasteiger partial charge in [0.2, 0.25) is 0 Å². The van der Waals surface area contributed by atoms with Crippen molar-refractivity contribution in [3.63, 3.8) is 0 Å². The first kappa shape index (κ1) is 13.1. The molecule has 2 aromatic rings. The second-order valence-corrected chi connectivity index (χ2v) is 5.31. The summed E-state index contributed by atoms with van der Waals surface area (Å²) < 4.78 is 0. The van der Waals surface area contributed by atoms with Gasteiger partial charge in [0, 0.05) is 16.3 Å². The molecule has 1 atom stereocenters. The van der Waals surface area contributed by atoms with Gasteiger partial charge < -0.3 is 10.7 Å². The van der Waals surface area contributed by atoms with Crippen molar-refractivity contribution in [3.05, 3.63) is 40.8 Å². The summed E-state index contributed by atoms with van der Waals surface area (Å²) in [5, 5.41) is 0.728. The molecule has 0 saturated heterocycles. The second kappa shape index (κ2) is 5.12. The van der Waals surface area contributed by atoms with Crippen LogP contribution in [-0.2, 0) is 0 Å². The van der Waals surface area contributed by atoms with Crippen LogP contribution < -0.4 is 5.73 Å². The van der Waals surface area contributed by atoms with Crippen LogP contribution in [0.1, 0.15) is 31.4 Å². The minimum atomic E-state index is -0.0650. The Morgan fingerprint density at radius 2 is 1.83 bits per heavy atom. The quantitative estimate of drug-likeness (QED) is 0.887. The van der Waals surface area contributed by atoms with E-state index in [1.54, 1.807) is 0 Å². The molecule has 1 heterocycles. The molecule has 0 bridgehead atoms. The molecular weight excluding hydrogens is 246 g/mol. The predicted molar refractivity (Wildman–Crippen MR) is 75.5 cm³/mol. The highest BCUT2D eigenvalue weighted by atomic mass is 35.5. The lowest BCUT2D eigenvalue weighted by molar-refractivity contribution is 0.494. The molecule has 2 rings (SSSR count). The van der Waals surface area contributed by atoms with E-state index in [0.29, 0.717) is 5.92 Å². The fourth-order valence-corrected chi connectivity index (χ4v) is 1.97. The number of benzene rings is 1. The second-order valence-electron chi connectivity index (χ2n) is 4.87. The number of aromatic amines is 1. The number of nitrogens with one attached hydrogen (secondary N) is 1. The minimum absolute atomic E-state index is 0.0650. The Morgan fingerprint density at radius 3 is 2.39 bits per heavy atom. The number of aryl methyl sites for hydroxylation is 1. The molecule has 96 valence electrons. The highest BCUT2D eigenvalue weighted by Gasteiger charge is 2.16. The lowest BCUT2D eigenvalue weighted by atomic mass is 10.1. The summed E-state index contributed by atoms with van der Waals surface area (Å²) in [7, 11) is 0. The molecule has 4 heteroatoms. The van der Waals surface area contributed by atoms with Gasteiger partial charge in [0.15, 0.2) is 0 Å². The highest BCUT2D eigenvalue weighted by Crippen LogP contribution is 2.25. The van der Waals surface area contributed by atoms with Crippen molar-refractivity contribution in [2.24, 2.45) is 11.7 Å². The van der Waals surface area contributed by atoms with Crippen molar-refractivity contribution in [2.75, 3.05) is 0 Å². The number of hydrogen-bond donors (Lipinski definition) is 2. The van der Waals surface area contributed by atoms with E-state index >= 15 is 0 Å². The van der Waals surface area contributed by atoms with Crippen LogP contribution in [-0.4, -0.2) is 9.97 Å². The number of nitrogens with zero attached hydrogens (tertiary/aromatic N) is 1. The van der Waals surface area contributed by atoms with Crippen molar-refractivity contribution < 1.29 is 0 Å². The average molecular weight is 264 g/mol. The van der Waals surface area contributed by atoms with Gasteiger partial charge >= 0.3 is 0 Å². The number of H-pyrrole nitrogens is 1. The summed E-state index contributed by atoms with van der Waals surface area (Å²) in [4.78, 5) is 7.88. The molecule has 0 aliphatic carbocycles. The number of imidazole rings is 1. The minimum Gasteiger partial charge on any atom is -0.344 e. The molecule has 0 saturated carbocycles. The first-order valence-corrected chi connectivity index (χ1v) is 6.45. The molecule has 1 unspecified atom stereocenters. The Balaban J connectivity index is 2.38. The fraction of sp³-hybridized carbons (Fsp3) is 0.357. The van der Waals surface area contributed by atoms with Crippen LogP contribution in [0.5, 0.6) is 0 Å². The third-order valence-electron chi connectivity index (χ3n) is 3.05. The topological polar surface area (TPSA) is 54.7 Å². The van der Waals surface area contributed by atoms with E-state index in [1.165, 1.54) is 0 Å². The number of hydrogen-bond acceptors (Lipinski definition) is 2. The smallest absolute Gasteiger partial charge is 0.124 e. The van der Waals surface area contributed by atoms with Gasteiger partial charge in [-0.1, -0.05) is 37.6 Å². The Hall–Kier alpha value is -1.32. The zero-order chi connectivity index (χ0) is 13.3. The van der Waals surface area contributed by atoms with E-state index in [4.69, 9.17) is 17.3 Å². The predicted octanol–water partition coefficient (Wildman–Crippen LogP) is 3.69. The number of aromatic nitrogens is 2. The third-order valence-corrected chi connectivity index (χ3v) is 3.31. The van der Waals surface area contributed by atoms with Gasteiger partial charge in [0.25, 0.3) is 0 Å². The maximum absolute atomic E-state index is 6.11. The van der Waals surface area contributed by atoms with Gasteiger partial charge in [-0.3, -0.25) is 0 Å². The molecule has 18 heavy (non-hydrogen) atoms. The van der Waals surface area contributed by atoms with Crippen LogP contribution in [0.2, 0.25) is 5.02 Å². The summed E-state index contributed by atoms with van der Waals surface area (Å²) in [5.74, 6) is 1.20. The van der Waals surface area contributed by atoms with E-state index in [2.05, 4.69) is 23.8 Å². The number of nitrogens with two attached hydrogens (primary N) is 1. The van der Waals surface area contributed by atoms with E-state index in [0.717, 1.165) is 27.8 Å². The maximum Gasteiger partial charge on any atom is 0.124 e. The van der Waals surface area contributed by atoms with Crippen LogP contribution in [0.25, 0.3) is 11.3 Å². The molecule has 1 aromatic heterocycles. The van der Waals surface area contributed by atoms with Gasteiger partial charge in [0.05, 0.1) is 11.7 Å². The SMILES string of the molecule is Cc1[nH]c(C(N)C(C)C)nc1-c1ccc(Cl)cc1. The summed E-state index contributed by atoms with van der Waals surface area (Å²) in [5.41, 5.74) is 9.13. The van der Waals surface area contributed by atoms with E-state index in [-0.39, 0.29) is 6.04 Å². The molecular formula is C14H18ClN3. The van der Waals surface area contributed by atoms with Crippen LogP contribution in [0.15, 0.2) is 24.3 Å². The van der Waals surface area contributed by atoms with Gasteiger partial charge in [-0.25, -0.2) is 4.98 Å². The maximum atomic E-state index is 6.11. The first-order valence-electron chi connectivity index (χ1n) is 6.07. The number of rotatable bonds is 3. The van der Waals surface area contributed by atoms with Gasteiger partial charge in [-0.15, -0.1) is 0 Å². The fourth-order valence-electron chi connectivity index (χ4n) is 1.85. The van der Waals surface area contributed by atoms with Crippen LogP contribution in [0, 0.1) is 12.8 Å². The Bertz CT molecular complexity index is 528. The lowest BCUT2D eigenvalue weighted by Crippen LogP contribution is -2.18. The molecule has 3 nitrogen and oxygen atoms in total. The van der Waals surface area contributed by atoms with E-state index in [9.17, 15) is 0 Å². The normalized spacial score (nSPS) is 13.0. The molecule has 0 fully saturated rings. The first-order chi connectivity index (χ1) is 8.49. The van der Waals surface area contributed by atoms with Crippen molar-refractivity contribution in [2.45, 2.75) is 26.8 Å². The molecule has 0 aliphatic rings. The van der Waals surface area contributed by atoms with Crippen LogP contribution in [0.3, 0.4) is 0 Å². The monoisotopic (exact) mass is 263 g/mol. The van der Waals surface area contributed by atoms with E-state index < -0.39 is 0 Å². The van der Waals surface area contributed by atoms with Crippen molar-refractivity contribution >= 4 is 11.6 Å². The molecule has 3 N–H and O–H groups in total. The van der Waals surface area contributed by atoms with Gasteiger partial charge in [-0.05, 0) is 25.0 Å². The Labute approximate surface area is 112 Å². The summed E-state index contributed by atoms with van der Waals surface area (Å²) in [6.07, 6.45) is 0. The molecule has 0 spiro atoms. The Morgan fingerprint density at radius 1 is 1.22 bits per heavy atom. The molecule has 0 radical (unpaired) electrons. The molecule has 0 aliphatic heterocycles. The zero-order valence-electron chi connectivity index (χ0n) is 10.9. The summed E-state index contributed by atoms with van der Waals surface area (Å²) in [6.45, 7) is 6.18. The van der Waals surface area contributed by atoms with Gasteiger partial charge in [-0.2, -0.15) is 0 Å². The summed E-state index contributed by atoms with van der Waals surface area (Å²) >= 11 is 5.89. The largest absolute Gasteiger partial charge is 0.344 e. The highest BCUT2D eigenvalue weighted by molar-refractivity contribution is 6.30. The van der Waals surface area contributed by atoms with Crippen molar-refractivity contribution in [1.82, 2.24) is 9.97 Å². The zero-order valence-corrected chi connectivity index (χ0v) is 11.6. The van der Waals surface area contributed by atoms with Crippen molar-refractivity contribution in [3.8, 4) is 11.3 Å². The molecule has 0 amide bonds. The average Bonchev–Trinajstić information content (AvgIpc) is 2.71. The standard InChI is InChI=1S/C14H18ClN3/c1-8(2)12(16)14-17-9(3)13(18-14)10-4-6-11(15)7-5-10/h4-8,12H,16H2,1-3H3,(H,17,18). The van der Waals surface area contributed by atoms with Crippen molar-refractivity contribution in [1.29, 1.82) is 0 Å².